The minimum atomic E-state index is 0. The van der Waals surface area contributed by atoms with Gasteiger partial charge in [-0.3, -0.25) is 5.41 Å². The number of ether oxygens (including phenoxy) is 1. The molecule has 3 nitrogen and oxygen atoms in total. The molecule has 0 bridgehead atoms. The lowest BCUT2D eigenvalue weighted by Gasteiger charge is -2.11. The molecule has 106 valence electrons. The van der Waals surface area contributed by atoms with Crippen LogP contribution in [0.15, 0.2) is 54.6 Å². The molecule has 0 amide bonds. The van der Waals surface area contributed by atoms with Crippen LogP contribution in [0.25, 0.3) is 11.1 Å². The Bertz CT molecular complexity index is 543. The largest absolute Gasteiger partial charge is 0.493 e. The second-order valence-electron chi connectivity index (χ2n) is 4.34. The van der Waals surface area contributed by atoms with Crippen molar-refractivity contribution in [1.82, 2.24) is 0 Å². The molecule has 0 saturated heterocycles. The van der Waals surface area contributed by atoms with Crippen molar-refractivity contribution in [3.8, 4) is 16.9 Å². The van der Waals surface area contributed by atoms with Crippen molar-refractivity contribution in [1.29, 1.82) is 5.41 Å². The van der Waals surface area contributed by atoms with Crippen molar-refractivity contribution in [3.63, 3.8) is 0 Å². The first-order chi connectivity index (χ1) is 9.27. The van der Waals surface area contributed by atoms with E-state index in [0.29, 0.717) is 13.0 Å². The molecule has 0 radical (unpaired) electrons. The van der Waals surface area contributed by atoms with E-state index in [1.165, 1.54) is 0 Å². The van der Waals surface area contributed by atoms with Crippen molar-refractivity contribution in [2.75, 3.05) is 6.61 Å². The zero-order valence-electron chi connectivity index (χ0n) is 11.2. The van der Waals surface area contributed by atoms with Gasteiger partial charge in [-0.2, -0.15) is 0 Å². The summed E-state index contributed by atoms with van der Waals surface area (Å²) in [5, 5.41) is 7.18. The van der Waals surface area contributed by atoms with E-state index >= 15 is 0 Å². The Morgan fingerprint density at radius 3 is 2.35 bits per heavy atom. The quantitative estimate of drug-likeness (QED) is 0.482. The van der Waals surface area contributed by atoms with Gasteiger partial charge in [0.15, 0.2) is 0 Å². The molecule has 0 aromatic heterocycles. The zero-order valence-corrected chi connectivity index (χ0v) is 12.0. The lowest BCUT2D eigenvalue weighted by Crippen LogP contribution is -2.11. The van der Waals surface area contributed by atoms with Crippen molar-refractivity contribution in [2.45, 2.75) is 12.8 Å². The first-order valence-electron chi connectivity index (χ1n) is 6.37. The predicted octanol–water partition coefficient (Wildman–Crippen LogP) is 3.87. The van der Waals surface area contributed by atoms with E-state index in [-0.39, 0.29) is 18.2 Å². The first-order valence-corrected chi connectivity index (χ1v) is 6.37. The standard InChI is InChI=1S/C16H18N2O.ClH/c17-16(18)11-6-12-19-15-10-5-4-9-14(15)13-7-2-1-3-8-13;/h1-5,7-10H,6,11-12H2,(H3,17,18);1H. The Morgan fingerprint density at radius 1 is 1.00 bits per heavy atom. The van der Waals surface area contributed by atoms with Gasteiger partial charge in [0.1, 0.15) is 5.75 Å². The van der Waals surface area contributed by atoms with Crippen LogP contribution in [-0.2, 0) is 0 Å². The van der Waals surface area contributed by atoms with Gasteiger partial charge in [0, 0.05) is 12.0 Å². The van der Waals surface area contributed by atoms with Crippen LogP contribution in [0.3, 0.4) is 0 Å². The molecule has 0 fully saturated rings. The van der Waals surface area contributed by atoms with E-state index in [0.717, 1.165) is 23.3 Å². The van der Waals surface area contributed by atoms with Crippen LogP contribution >= 0.6 is 12.4 Å². The number of nitrogens with two attached hydrogens (primary N) is 1. The summed E-state index contributed by atoms with van der Waals surface area (Å²) in [5.74, 6) is 1.08. The number of amidine groups is 1. The number of halogens is 1. The summed E-state index contributed by atoms with van der Waals surface area (Å²) in [7, 11) is 0. The van der Waals surface area contributed by atoms with Gasteiger partial charge in [0.05, 0.1) is 12.4 Å². The fourth-order valence-electron chi connectivity index (χ4n) is 1.89. The molecule has 0 aliphatic rings. The lowest BCUT2D eigenvalue weighted by molar-refractivity contribution is 0.314. The lowest BCUT2D eigenvalue weighted by atomic mass is 10.1. The fourth-order valence-corrected chi connectivity index (χ4v) is 1.89. The highest BCUT2D eigenvalue weighted by atomic mass is 35.5. The van der Waals surface area contributed by atoms with Crippen LogP contribution in [0, 0.1) is 5.41 Å². The molecule has 4 heteroatoms. The van der Waals surface area contributed by atoms with E-state index < -0.39 is 0 Å². The molecule has 0 aliphatic heterocycles. The van der Waals surface area contributed by atoms with Crippen molar-refractivity contribution >= 4 is 18.2 Å². The van der Waals surface area contributed by atoms with Crippen molar-refractivity contribution in [2.24, 2.45) is 5.73 Å². The van der Waals surface area contributed by atoms with Gasteiger partial charge in [0.2, 0.25) is 0 Å². The van der Waals surface area contributed by atoms with Crippen LogP contribution in [0.4, 0.5) is 0 Å². The number of hydrogen-bond acceptors (Lipinski definition) is 2. The van der Waals surface area contributed by atoms with E-state index in [1.54, 1.807) is 0 Å². The van der Waals surface area contributed by atoms with Gasteiger partial charge >= 0.3 is 0 Å². The molecule has 0 unspecified atom stereocenters. The molecular weight excluding hydrogens is 272 g/mol. The van der Waals surface area contributed by atoms with Gasteiger partial charge in [-0.25, -0.2) is 0 Å². The highest BCUT2D eigenvalue weighted by molar-refractivity contribution is 5.85. The second kappa shape index (κ2) is 8.23. The van der Waals surface area contributed by atoms with Gasteiger partial charge in [0.25, 0.3) is 0 Å². The number of para-hydroxylation sites is 1. The monoisotopic (exact) mass is 290 g/mol. The minimum absolute atomic E-state index is 0. The van der Waals surface area contributed by atoms with Gasteiger partial charge in [-0.05, 0) is 18.1 Å². The predicted molar refractivity (Wildman–Crippen MR) is 85.8 cm³/mol. The van der Waals surface area contributed by atoms with E-state index in [1.807, 2.05) is 36.4 Å². The maximum Gasteiger partial charge on any atom is 0.127 e. The number of benzene rings is 2. The van der Waals surface area contributed by atoms with Crippen LogP contribution < -0.4 is 10.5 Å². The number of nitrogens with one attached hydrogen (secondary N) is 1. The highest BCUT2D eigenvalue weighted by Crippen LogP contribution is 2.29. The Balaban J connectivity index is 0.00000200. The SMILES string of the molecule is Cl.N=C(N)CCCOc1ccccc1-c1ccccc1. The van der Waals surface area contributed by atoms with Crippen LogP contribution in [0.1, 0.15) is 12.8 Å². The van der Waals surface area contributed by atoms with Crippen LogP contribution in [0.5, 0.6) is 5.75 Å². The van der Waals surface area contributed by atoms with Crippen LogP contribution in [0.2, 0.25) is 0 Å². The molecular formula is C16H19ClN2O. The molecule has 20 heavy (non-hydrogen) atoms. The molecule has 2 aromatic rings. The zero-order chi connectivity index (χ0) is 13.5. The summed E-state index contributed by atoms with van der Waals surface area (Å²) in [6, 6.07) is 18.2. The smallest absolute Gasteiger partial charge is 0.127 e. The molecule has 2 aromatic carbocycles. The maximum absolute atomic E-state index is 7.18. The van der Waals surface area contributed by atoms with E-state index in [4.69, 9.17) is 15.9 Å². The second-order valence-corrected chi connectivity index (χ2v) is 4.34. The summed E-state index contributed by atoms with van der Waals surface area (Å²) in [5.41, 5.74) is 7.55. The summed E-state index contributed by atoms with van der Waals surface area (Å²) in [6.07, 6.45) is 1.34. The first kappa shape index (κ1) is 16.1. The molecule has 2 rings (SSSR count). The maximum atomic E-state index is 7.18. The molecule has 0 aliphatic carbocycles. The third-order valence-corrected chi connectivity index (χ3v) is 2.82. The molecule has 0 heterocycles. The normalized spacial score (nSPS) is 9.60. The Morgan fingerprint density at radius 2 is 1.65 bits per heavy atom. The average molecular weight is 291 g/mol. The van der Waals surface area contributed by atoms with Gasteiger partial charge in [-0.1, -0.05) is 48.5 Å². The highest BCUT2D eigenvalue weighted by Gasteiger charge is 2.04. The molecule has 3 N–H and O–H groups in total. The van der Waals surface area contributed by atoms with Crippen molar-refractivity contribution in [3.05, 3.63) is 54.6 Å². The summed E-state index contributed by atoms with van der Waals surface area (Å²) in [4.78, 5) is 0. The Kier molecular flexibility index (Phi) is 6.60. The van der Waals surface area contributed by atoms with E-state index in [9.17, 15) is 0 Å². The van der Waals surface area contributed by atoms with Crippen molar-refractivity contribution < 1.29 is 4.74 Å². The van der Waals surface area contributed by atoms with E-state index in [2.05, 4.69) is 18.2 Å². The van der Waals surface area contributed by atoms with Crippen LogP contribution in [-0.4, -0.2) is 12.4 Å². The van der Waals surface area contributed by atoms with Gasteiger partial charge in [-0.15, -0.1) is 12.4 Å². The average Bonchev–Trinajstić information content (AvgIpc) is 2.45. The molecule has 0 spiro atoms. The topological polar surface area (TPSA) is 59.1 Å². The number of rotatable bonds is 6. The van der Waals surface area contributed by atoms with Gasteiger partial charge < -0.3 is 10.5 Å². The summed E-state index contributed by atoms with van der Waals surface area (Å²) in [6.45, 7) is 0.573. The Labute approximate surface area is 125 Å². The molecule has 0 saturated carbocycles. The molecule has 0 atom stereocenters. The summed E-state index contributed by atoms with van der Waals surface area (Å²) >= 11 is 0. The number of hydrogen-bond donors (Lipinski definition) is 2. The Hall–Kier alpha value is -2.00. The third-order valence-electron chi connectivity index (χ3n) is 2.82. The third kappa shape index (κ3) is 4.59. The fraction of sp³-hybridized carbons (Fsp3) is 0.188. The minimum Gasteiger partial charge on any atom is -0.493 e. The summed E-state index contributed by atoms with van der Waals surface area (Å²) < 4.78 is 5.79.